The third-order valence-electron chi connectivity index (χ3n) is 3.73. The van der Waals surface area contributed by atoms with Gasteiger partial charge >= 0.3 is 0 Å². The molecule has 1 unspecified atom stereocenters. The Kier molecular flexibility index (Phi) is 4.92. The Bertz CT molecular complexity index is 613. The fraction of sp³-hybridized carbons (Fsp3) is 0.250. The standard InChI is InChI=1S/C16H14Cl4/c1-3-16(2,11-6-4-5-7-12(11)18)15-13(19)8-10(17)9-14(15)20/h4-9H,3H2,1-2H3. The highest BCUT2D eigenvalue weighted by Gasteiger charge is 2.33. The summed E-state index contributed by atoms with van der Waals surface area (Å²) in [6, 6.07) is 11.2. The lowest BCUT2D eigenvalue weighted by atomic mass is 9.74. The zero-order valence-electron chi connectivity index (χ0n) is 11.2. The molecule has 0 aliphatic carbocycles. The molecule has 0 spiro atoms. The molecule has 0 nitrogen and oxygen atoms in total. The number of benzene rings is 2. The molecule has 106 valence electrons. The van der Waals surface area contributed by atoms with Gasteiger partial charge in [0, 0.05) is 25.5 Å². The quantitative estimate of drug-likeness (QED) is 0.559. The van der Waals surface area contributed by atoms with E-state index in [2.05, 4.69) is 13.8 Å². The third kappa shape index (κ3) is 2.80. The van der Waals surface area contributed by atoms with Crippen molar-refractivity contribution < 1.29 is 0 Å². The minimum absolute atomic E-state index is 0.364. The first-order valence-electron chi connectivity index (χ1n) is 6.30. The highest BCUT2D eigenvalue weighted by Crippen LogP contribution is 2.45. The van der Waals surface area contributed by atoms with Gasteiger partial charge < -0.3 is 0 Å². The summed E-state index contributed by atoms with van der Waals surface area (Å²) in [6.07, 6.45) is 0.817. The van der Waals surface area contributed by atoms with Crippen molar-refractivity contribution in [2.45, 2.75) is 25.7 Å². The van der Waals surface area contributed by atoms with Crippen LogP contribution in [0.2, 0.25) is 20.1 Å². The van der Waals surface area contributed by atoms with E-state index >= 15 is 0 Å². The van der Waals surface area contributed by atoms with E-state index in [4.69, 9.17) is 46.4 Å². The SMILES string of the molecule is CCC(C)(c1ccccc1Cl)c1c(Cl)cc(Cl)cc1Cl. The van der Waals surface area contributed by atoms with Gasteiger partial charge in [-0.2, -0.15) is 0 Å². The van der Waals surface area contributed by atoms with Crippen LogP contribution in [0.4, 0.5) is 0 Å². The Morgan fingerprint density at radius 3 is 1.95 bits per heavy atom. The lowest BCUT2D eigenvalue weighted by molar-refractivity contribution is 0.550. The Hall–Kier alpha value is -0.400. The van der Waals surface area contributed by atoms with Gasteiger partial charge in [0.15, 0.2) is 0 Å². The normalized spacial score (nSPS) is 14.1. The number of halogens is 4. The van der Waals surface area contributed by atoms with E-state index in [0.717, 1.165) is 17.5 Å². The molecule has 0 amide bonds. The van der Waals surface area contributed by atoms with Crippen LogP contribution in [-0.4, -0.2) is 0 Å². The fourth-order valence-corrected chi connectivity index (χ4v) is 4.06. The predicted molar refractivity (Wildman–Crippen MR) is 89.7 cm³/mol. The molecule has 2 aromatic carbocycles. The molecule has 2 rings (SSSR count). The van der Waals surface area contributed by atoms with E-state index in [1.54, 1.807) is 12.1 Å². The summed E-state index contributed by atoms with van der Waals surface area (Å²) in [5, 5.41) is 2.36. The zero-order chi connectivity index (χ0) is 14.9. The van der Waals surface area contributed by atoms with Gasteiger partial charge in [0.05, 0.1) is 0 Å². The summed E-state index contributed by atoms with van der Waals surface area (Å²) in [4.78, 5) is 0. The van der Waals surface area contributed by atoms with Crippen molar-refractivity contribution in [2.75, 3.05) is 0 Å². The van der Waals surface area contributed by atoms with Crippen LogP contribution in [0.25, 0.3) is 0 Å². The van der Waals surface area contributed by atoms with Crippen molar-refractivity contribution >= 4 is 46.4 Å². The van der Waals surface area contributed by atoms with E-state index in [1.807, 2.05) is 24.3 Å². The van der Waals surface area contributed by atoms with Gasteiger partial charge in [0.25, 0.3) is 0 Å². The molecule has 20 heavy (non-hydrogen) atoms. The van der Waals surface area contributed by atoms with Gasteiger partial charge in [-0.15, -0.1) is 0 Å². The molecule has 0 heterocycles. The lowest BCUT2D eigenvalue weighted by Gasteiger charge is -2.32. The molecule has 0 aliphatic heterocycles. The Balaban J connectivity index is 2.72. The summed E-state index contributed by atoms with van der Waals surface area (Å²) in [5.74, 6) is 0. The summed E-state index contributed by atoms with van der Waals surface area (Å²) in [5.41, 5.74) is 1.51. The van der Waals surface area contributed by atoms with Crippen LogP contribution >= 0.6 is 46.4 Å². The third-order valence-corrected chi connectivity index (χ3v) is 4.88. The van der Waals surface area contributed by atoms with Crippen LogP contribution in [0.5, 0.6) is 0 Å². The van der Waals surface area contributed by atoms with Gasteiger partial charge in [-0.3, -0.25) is 0 Å². The molecule has 1 atom stereocenters. The first-order chi connectivity index (χ1) is 9.40. The smallest absolute Gasteiger partial charge is 0.0476 e. The molecular weight excluding hydrogens is 334 g/mol. The molecule has 2 aromatic rings. The fourth-order valence-electron chi connectivity index (χ4n) is 2.48. The second-order valence-corrected chi connectivity index (χ2v) is 6.57. The molecule has 0 N–H and O–H groups in total. The summed E-state index contributed by atoms with van der Waals surface area (Å²) in [6.45, 7) is 4.18. The van der Waals surface area contributed by atoms with E-state index in [0.29, 0.717) is 20.1 Å². The second kappa shape index (κ2) is 6.15. The van der Waals surface area contributed by atoms with Gasteiger partial charge in [-0.1, -0.05) is 78.5 Å². The van der Waals surface area contributed by atoms with E-state index in [9.17, 15) is 0 Å². The van der Waals surface area contributed by atoms with Crippen LogP contribution < -0.4 is 0 Å². The van der Waals surface area contributed by atoms with Gasteiger partial charge in [-0.25, -0.2) is 0 Å². The van der Waals surface area contributed by atoms with Crippen molar-refractivity contribution in [1.29, 1.82) is 0 Å². The molecule has 0 aliphatic rings. The Morgan fingerprint density at radius 2 is 1.45 bits per heavy atom. The zero-order valence-corrected chi connectivity index (χ0v) is 14.2. The lowest BCUT2D eigenvalue weighted by Crippen LogP contribution is -2.24. The summed E-state index contributed by atoms with van der Waals surface area (Å²) >= 11 is 25.1. The largest absolute Gasteiger partial charge is 0.0842 e. The van der Waals surface area contributed by atoms with Gasteiger partial charge in [-0.05, 0) is 35.7 Å². The molecule has 0 bridgehead atoms. The molecular formula is C16H14Cl4. The Morgan fingerprint density at radius 1 is 0.900 bits per heavy atom. The minimum atomic E-state index is -0.364. The average Bonchev–Trinajstić information content (AvgIpc) is 2.37. The highest BCUT2D eigenvalue weighted by molar-refractivity contribution is 6.39. The summed E-state index contributed by atoms with van der Waals surface area (Å²) < 4.78 is 0. The van der Waals surface area contributed by atoms with Crippen LogP contribution in [0.15, 0.2) is 36.4 Å². The molecule has 4 heteroatoms. The topological polar surface area (TPSA) is 0 Å². The van der Waals surface area contributed by atoms with Crippen molar-refractivity contribution in [3.63, 3.8) is 0 Å². The van der Waals surface area contributed by atoms with Gasteiger partial charge in [0.2, 0.25) is 0 Å². The van der Waals surface area contributed by atoms with Crippen molar-refractivity contribution in [2.24, 2.45) is 0 Å². The highest BCUT2D eigenvalue weighted by atomic mass is 35.5. The van der Waals surface area contributed by atoms with Crippen LogP contribution in [0.3, 0.4) is 0 Å². The maximum Gasteiger partial charge on any atom is 0.0476 e. The predicted octanol–water partition coefficient (Wildman–Crippen LogP) is 7.02. The van der Waals surface area contributed by atoms with Crippen molar-refractivity contribution in [1.82, 2.24) is 0 Å². The van der Waals surface area contributed by atoms with Crippen molar-refractivity contribution in [3.8, 4) is 0 Å². The molecule has 0 fully saturated rings. The summed E-state index contributed by atoms with van der Waals surface area (Å²) in [7, 11) is 0. The average molecular weight is 348 g/mol. The maximum atomic E-state index is 6.39. The van der Waals surface area contributed by atoms with Crippen LogP contribution in [-0.2, 0) is 5.41 Å². The van der Waals surface area contributed by atoms with E-state index in [1.165, 1.54) is 0 Å². The first-order valence-corrected chi connectivity index (χ1v) is 7.81. The van der Waals surface area contributed by atoms with E-state index in [-0.39, 0.29) is 5.41 Å². The molecule has 0 aromatic heterocycles. The minimum Gasteiger partial charge on any atom is -0.0842 e. The Labute approximate surface area is 139 Å². The van der Waals surface area contributed by atoms with Crippen molar-refractivity contribution in [3.05, 3.63) is 67.6 Å². The number of hydrogen-bond donors (Lipinski definition) is 0. The molecule has 0 saturated heterocycles. The maximum absolute atomic E-state index is 6.39. The first kappa shape index (κ1) is 16.0. The molecule has 0 saturated carbocycles. The second-order valence-electron chi connectivity index (χ2n) is 4.91. The van der Waals surface area contributed by atoms with Crippen LogP contribution in [0.1, 0.15) is 31.4 Å². The van der Waals surface area contributed by atoms with Crippen LogP contribution in [0, 0.1) is 0 Å². The van der Waals surface area contributed by atoms with Gasteiger partial charge in [0.1, 0.15) is 0 Å². The number of hydrogen-bond acceptors (Lipinski definition) is 0. The number of rotatable bonds is 3. The monoisotopic (exact) mass is 346 g/mol. The molecule has 0 radical (unpaired) electrons. The van der Waals surface area contributed by atoms with E-state index < -0.39 is 0 Å².